The van der Waals surface area contributed by atoms with Crippen molar-refractivity contribution < 1.29 is 0 Å². The van der Waals surface area contributed by atoms with Crippen molar-refractivity contribution in [2.75, 3.05) is 18.9 Å². The standard InChI is InChI=1S/C33H35BrN4.ClH/c1-38(28-10-3-2-4-11-28)19-18-23-14-16-27(17-15-23)36-33-35-22-25-21-31(24-8-7-9-26(34)20-24)29-12-5-6-13-30(29)32(25)37-33;/h5-9,12-17,20,22,28,31H,2-4,10-11,18-19,21H2,1H3,(H,35,36,37);1H. The number of benzene rings is 3. The summed E-state index contributed by atoms with van der Waals surface area (Å²) >= 11 is 3.64. The van der Waals surface area contributed by atoms with Gasteiger partial charge in [-0.3, -0.25) is 0 Å². The summed E-state index contributed by atoms with van der Waals surface area (Å²) in [6.45, 7) is 1.12. The number of anilines is 2. The van der Waals surface area contributed by atoms with E-state index in [2.05, 4.69) is 106 Å². The summed E-state index contributed by atoms with van der Waals surface area (Å²) in [4.78, 5) is 12.3. The van der Waals surface area contributed by atoms with Crippen molar-refractivity contribution in [3.05, 3.63) is 106 Å². The number of nitrogens with one attached hydrogen (secondary N) is 1. The maximum atomic E-state index is 4.99. The molecule has 2 aliphatic carbocycles. The van der Waals surface area contributed by atoms with E-state index in [1.54, 1.807) is 0 Å². The van der Waals surface area contributed by atoms with Gasteiger partial charge in [0.25, 0.3) is 0 Å². The lowest BCUT2D eigenvalue weighted by Gasteiger charge is -2.31. The van der Waals surface area contributed by atoms with Gasteiger partial charge < -0.3 is 10.2 Å². The zero-order valence-electron chi connectivity index (χ0n) is 22.4. The van der Waals surface area contributed by atoms with Crippen LogP contribution in [0.3, 0.4) is 0 Å². The first-order chi connectivity index (χ1) is 18.6. The van der Waals surface area contributed by atoms with Crippen LogP contribution in [-0.4, -0.2) is 34.5 Å². The summed E-state index contributed by atoms with van der Waals surface area (Å²) in [7, 11) is 2.29. The molecular weight excluding hydrogens is 568 g/mol. The number of fused-ring (bicyclic) bond motifs is 3. The maximum Gasteiger partial charge on any atom is 0.227 e. The fourth-order valence-corrected chi connectivity index (χ4v) is 6.53. The largest absolute Gasteiger partial charge is 0.324 e. The molecule has 202 valence electrons. The van der Waals surface area contributed by atoms with Crippen LogP contribution in [0.25, 0.3) is 11.3 Å². The molecule has 3 aromatic carbocycles. The summed E-state index contributed by atoms with van der Waals surface area (Å²) in [5.41, 5.74) is 8.45. The van der Waals surface area contributed by atoms with Crippen molar-refractivity contribution in [3.63, 3.8) is 0 Å². The molecule has 1 aromatic heterocycles. The topological polar surface area (TPSA) is 41.0 Å². The molecule has 0 aliphatic heterocycles. The highest BCUT2D eigenvalue weighted by Crippen LogP contribution is 2.42. The van der Waals surface area contributed by atoms with Crippen LogP contribution in [0.1, 0.15) is 60.3 Å². The lowest BCUT2D eigenvalue weighted by Crippen LogP contribution is -2.34. The summed E-state index contributed by atoms with van der Waals surface area (Å²) in [6.07, 6.45) is 10.9. The van der Waals surface area contributed by atoms with Crippen LogP contribution in [0.2, 0.25) is 0 Å². The normalized spacial score (nSPS) is 16.7. The van der Waals surface area contributed by atoms with Gasteiger partial charge in [-0.25, -0.2) is 9.97 Å². The number of halogens is 2. The van der Waals surface area contributed by atoms with Crippen molar-refractivity contribution in [2.24, 2.45) is 0 Å². The van der Waals surface area contributed by atoms with Crippen LogP contribution in [-0.2, 0) is 12.8 Å². The number of nitrogens with zero attached hydrogens (tertiary/aromatic N) is 3. The third-order valence-corrected chi connectivity index (χ3v) is 8.79. The van der Waals surface area contributed by atoms with Gasteiger partial charge in [0.2, 0.25) is 5.95 Å². The Balaban J connectivity index is 0.00000308. The second kappa shape index (κ2) is 12.6. The van der Waals surface area contributed by atoms with E-state index in [1.165, 1.54) is 59.9 Å². The van der Waals surface area contributed by atoms with E-state index < -0.39 is 0 Å². The number of rotatable bonds is 7. The van der Waals surface area contributed by atoms with E-state index in [0.717, 1.165) is 41.3 Å². The molecule has 1 fully saturated rings. The highest BCUT2D eigenvalue weighted by atomic mass is 79.9. The zero-order chi connectivity index (χ0) is 25.9. The molecule has 39 heavy (non-hydrogen) atoms. The Bertz CT molecular complexity index is 1400. The lowest BCUT2D eigenvalue weighted by atomic mass is 9.78. The maximum absolute atomic E-state index is 4.99. The van der Waals surface area contributed by atoms with Gasteiger partial charge >= 0.3 is 0 Å². The highest BCUT2D eigenvalue weighted by molar-refractivity contribution is 9.10. The van der Waals surface area contributed by atoms with Crippen molar-refractivity contribution >= 4 is 40.0 Å². The molecule has 0 bridgehead atoms. The van der Waals surface area contributed by atoms with E-state index in [-0.39, 0.29) is 12.4 Å². The number of likely N-dealkylation sites (N-methyl/N-ethyl adjacent to an activating group) is 1. The van der Waals surface area contributed by atoms with Crippen LogP contribution < -0.4 is 5.32 Å². The Morgan fingerprint density at radius 1 is 0.949 bits per heavy atom. The van der Waals surface area contributed by atoms with Crippen molar-refractivity contribution in [2.45, 2.75) is 56.9 Å². The number of hydrogen-bond donors (Lipinski definition) is 1. The van der Waals surface area contributed by atoms with E-state index in [1.807, 2.05) is 6.20 Å². The van der Waals surface area contributed by atoms with E-state index in [0.29, 0.717) is 11.9 Å². The third kappa shape index (κ3) is 6.37. The van der Waals surface area contributed by atoms with Crippen molar-refractivity contribution in [1.82, 2.24) is 14.9 Å². The van der Waals surface area contributed by atoms with Crippen LogP contribution in [0.4, 0.5) is 11.6 Å². The average molecular weight is 604 g/mol. The molecule has 1 heterocycles. The predicted molar refractivity (Wildman–Crippen MR) is 167 cm³/mol. The molecule has 0 amide bonds. The monoisotopic (exact) mass is 602 g/mol. The molecule has 1 unspecified atom stereocenters. The molecule has 0 radical (unpaired) electrons. The minimum atomic E-state index is 0. The first-order valence-electron chi connectivity index (χ1n) is 13.9. The first-order valence-corrected chi connectivity index (χ1v) is 14.7. The smallest absolute Gasteiger partial charge is 0.227 e. The minimum Gasteiger partial charge on any atom is -0.324 e. The fraction of sp³-hybridized carbons (Fsp3) is 0.333. The summed E-state index contributed by atoms with van der Waals surface area (Å²) < 4.78 is 1.11. The van der Waals surface area contributed by atoms with Gasteiger partial charge in [-0.15, -0.1) is 12.4 Å². The quantitative estimate of drug-likeness (QED) is 0.230. The molecule has 4 nitrogen and oxygen atoms in total. The summed E-state index contributed by atoms with van der Waals surface area (Å²) in [5.74, 6) is 0.938. The van der Waals surface area contributed by atoms with Crippen LogP contribution >= 0.6 is 28.3 Å². The van der Waals surface area contributed by atoms with E-state index in [9.17, 15) is 0 Å². The number of hydrogen-bond acceptors (Lipinski definition) is 4. The molecule has 1 N–H and O–H groups in total. The third-order valence-electron chi connectivity index (χ3n) is 8.29. The SMILES string of the molecule is CN(CCc1ccc(Nc2ncc3c(n2)-c2ccccc2C(c2cccc(Br)c2)C3)cc1)C1CCCCC1.Cl. The minimum absolute atomic E-state index is 0. The van der Waals surface area contributed by atoms with Crippen LogP contribution in [0.5, 0.6) is 0 Å². The summed E-state index contributed by atoms with van der Waals surface area (Å²) in [6, 6.07) is 26.8. The van der Waals surface area contributed by atoms with Gasteiger partial charge in [0.05, 0.1) is 5.69 Å². The summed E-state index contributed by atoms with van der Waals surface area (Å²) in [5, 5.41) is 3.44. The zero-order valence-corrected chi connectivity index (χ0v) is 24.8. The van der Waals surface area contributed by atoms with Gasteiger partial charge in [-0.2, -0.15) is 0 Å². The van der Waals surface area contributed by atoms with Crippen LogP contribution in [0.15, 0.2) is 83.5 Å². The molecule has 4 aromatic rings. The molecule has 0 saturated heterocycles. The molecule has 2 aliphatic rings. The van der Waals surface area contributed by atoms with Crippen LogP contribution in [0, 0.1) is 0 Å². The van der Waals surface area contributed by atoms with E-state index >= 15 is 0 Å². The average Bonchev–Trinajstić information content (AvgIpc) is 2.97. The molecule has 0 spiro atoms. The van der Waals surface area contributed by atoms with Gasteiger partial charge in [0, 0.05) is 40.4 Å². The predicted octanol–water partition coefficient (Wildman–Crippen LogP) is 8.57. The van der Waals surface area contributed by atoms with Gasteiger partial charge in [0.1, 0.15) is 0 Å². The Hall–Kier alpha value is -2.73. The Morgan fingerprint density at radius 2 is 1.74 bits per heavy atom. The molecule has 6 heteroatoms. The van der Waals surface area contributed by atoms with Gasteiger partial charge in [-0.05, 0) is 79.3 Å². The lowest BCUT2D eigenvalue weighted by molar-refractivity contribution is 0.194. The Kier molecular flexibility index (Phi) is 9.01. The second-order valence-corrected chi connectivity index (χ2v) is 11.7. The van der Waals surface area contributed by atoms with Crippen molar-refractivity contribution in [1.29, 1.82) is 0 Å². The second-order valence-electron chi connectivity index (χ2n) is 10.8. The first kappa shape index (κ1) is 27.8. The Labute approximate surface area is 246 Å². The Morgan fingerprint density at radius 3 is 2.54 bits per heavy atom. The number of aromatic nitrogens is 2. The van der Waals surface area contributed by atoms with E-state index in [4.69, 9.17) is 9.97 Å². The fourth-order valence-electron chi connectivity index (χ4n) is 6.11. The molecule has 1 atom stereocenters. The molecule has 6 rings (SSSR count). The van der Waals surface area contributed by atoms with Gasteiger partial charge in [-0.1, -0.05) is 83.7 Å². The van der Waals surface area contributed by atoms with Crippen molar-refractivity contribution in [3.8, 4) is 11.3 Å². The molecular formula is C33H36BrClN4. The highest BCUT2D eigenvalue weighted by Gasteiger charge is 2.27. The van der Waals surface area contributed by atoms with Gasteiger partial charge in [0.15, 0.2) is 0 Å². The molecule has 1 saturated carbocycles.